The molecule has 2 nitrogen and oxygen atoms in total. The van der Waals surface area contributed by atoms with Gasteiger partial charge in [0, 0.05) is 0 Å². The Kier molecular flexibility index (Phi) is 6.92. The Bertz CT molecular complexity index is 479. The van der Waals surface area contributed by atoms with Gasteiger partial charge in [0.2, 0.25) is 0 Å². The summed E-state index contributed by atoms with van der Waals surface area (Å²) in [5.74, 6) is 0. The number of rotatable bonds is 6. The molecule has 114 valence electrons. The molecular weight excluding hydrogens is 357 g/mol. The Hall–Kier alpha value is 0.440. The molecule has 0 saturated heterocycles. The second kappa shape index (κ2) is 8.91. The summed E-state index contributed by atoms with van der Waals surface area (Å²) < 4.78 is 5.38. The van der Waals surface area contributed by atoms with Gasteiger partial charge in [-0.15, -0.1) is 5.10 Å². The van der Waals surface area contributed by atoms with E-state index in [0.29, 0.717) is 0 Å². The Morgan fingerprint density at radius 3 is 2.10 bits per heavy atom. The van der Waals surface area contributed by atoms with Crippen molar-refractivity contribution in [1.82, 2.24) is 9.59 Å². The van der Waals surface area contributed by atoms with Gasteiger partial charge in [-0.05, 0) is 94.3 Å². The second-order valence-electron chi connectivity index (χ2n) is 5.03. The first-order valence-corrected chi connectivity index (χ1v) is 12.4. The zero-order valence-corrected chi connectivity index (χ0v) is 15.8. The summed E-state index contributed by atoms with van der Waals surface area (Å²) in [5.41, 5.74) is 0. The lowest BCUT2D eigenvalue weighted by molar-refractivity contribution is 0.724. The normalized spacial score (nSPS) is 19.2. The van der Waals surface area contributed by atoms with Crippen molar-refractivity contribution >= 4 is 54.7 Å². The van der Waals surface area contributed by atoms with E-state index in [4.69, 9.17) is 0 Å². The van der Waals surface area contributed by atoms with Crippen molar-refractivity contribution in [3.05, 3.63) is 22.0 Å². The first-order valence-electron chi connectivity index (χ1n) is 7.31. The summed E-state index contributed by atoms with van der Waals surface area (Å²) in [5, 5.41) is 5.38. The first kappa shape index (κ1) is 16.3. The Morgan fingerprint density at radius 1 is 0.810 bits per heavy atom. The van der Waals surface area contributed by atoms with Gasteiger partial charge in [-0.25, -0.2) is 0 Å². The highest BCUT2D eigenvalue weighted by Gasteiger charge is 2.14. The summed E-state index contributed by atoms with van der Waals surface area (Å²) in [6, 6.07) is 0. The molecule has 1 aromatic rings. The van der Waals surface area contributed by atoms with Gasteiger partial charge in [0.15, 0.2) is 5.03 Å². The van der Waals surface area contributed by atoms with E-state index in [1.54, 1.807) is 10.8 Å². The average molecular weight is 375 g/mol. The van der Waals surface area contributed by atoms with Crippen molar-refractivity contribution in [2.24, 2.45) is 0 Å². The summed E-state index contributed by atoms with van der Waals surface area (Å²) in [6.45, 7) is 0. The van der Waals surface area contributed by atoms with Crippen molar-refractivity contribution < 1.29 is 0 Å². The van der Waals surface area contributed by atoms with Crippen LogP contribution < -0.4 is 0 Å². The molecule has 0 N–H and O–H groups in total. The molecule has 3 rings (SSSR count). The van der Waals surface area contributed by atoms with Crippen molar-refractivity contribution in [3.63, 3.8) is 0 Å². The largest absolute Gasteiger partial charge is 0.157 e. The number of allylic oxidation sites excluding steroid dienone is 4. The predicted octanol–water partition coefficient (Wildman–Crippen LogP) is 6.93. The third kappa shape index (κ3) is 5.23. The van der Waals surface area contributed by atoms with Gasteiger partial charge in [-0.3, -0.25) is 0 Å². The van der Waals surface area contributed by atoms with Crippen LogP contribution >= 0.6 is 54.7 Å². The Morgan fingerprint density at radius 2 is 1.48 bits per heavy atom. The molecule has 0 atom stereocenters. The third-order valence-electron chi connectivity index (χ3n) is 3.38. The monoisotopic (exact) mass is 374 g/mol. The number of hydrogen-bond donors (Lipinski definition) is 0. The van der Waals surface area contributed by atoms with Crippen LogP contribution in [0.4, 0.5) is 0 Å². The number of hydrogen-bond acceptors (Lipinski definition) is 7. The Labute approximate surface area is 146 Å². The van der Waals surface area contributed by atoms with Crippen LogP contribution in [-0.2, 0) is 0 Å². The topological polar surface area (TPSA) is 25.8 Å². The molecule has 0 aromatic carbocycles. The first-order chi connectivity index (χ1) is 10.4. The van der Waals surface area contributed by atoms with E-state index >= 15 is 0 Å². The average Bonchev–Trinajstić information content (AvgIpc) is 3.00. The van der Waals surface area contributed by atoms with E-state index in [0.717, 1.165) is 5.03 Å². The molecule has 7 heteroatoms. The third-order valence-corrected chi connectivity index (χ3v) is 9.83. The van der Waals surface area contributed by atoms with E-state index in [-0.39, 0.29) is 0 Å². The maximum absolute atomic E-state index is 4.29. The van der Waals surface area contributed by atoms with Crippen LogP contribution in [0.25, 0.3) is 0 Å². The lowest BCUT2D eigenvalue weighted by Crippen LogP contribution is -1.86. The fraction of sp³-hybridized carbons (Fsp3) is 0.571. The van der Waals surface area contributed by atoms with Crippen molar-refractivity contribution in [1.29, 1.82) is 0 Å². The maximum Gasteiger partial charge on any atom is 0.157 e. The highest BCUT2D eigenvalue weighted by Crippen LogP contribution is 2.48. The molecule has 21 heavy (non-hydrogen) atoms. The van der Waals surface area contributed by atoms with E-state index < -0.39 is 0 Å². The van der Waals surface area contributed by atoms with Gasteiger partial charge in [0.1, 0.15) is 4.21 Å². The van der Waals surface area contributed by atoms with E-state index in [1.165, 1.54) is 76.9 Å². The smallest absolute Gasteiger partial charge is 0.129 e. The fourth-order valence-corrected chi connectivity index (χ4v) is 8.41. The molecule has 0 unspecified atom stereocenters. The molecule has 2 aliphatic rings. The highest BCUT2D eigenvalue weighted by molar-refractivity contribution is 8.79. The number of aromatic nitrogens is 2. The molecule has 0 amide bonds. The minimum atomic E-state index is 1.09. The molecule has 2 aliphatic carbocycles. The lowest BCUT2D eigenvalue weighted by atomic mass is 10.1. The van der Waals surface area contributed by atoms with Crippen LogP contribution in [0.1, 0.15) is 51.4 Å². The fourth-order valence-electron chi connectivity index (χ4n) is 2.23. The number of nitrogens with zero attached hydrogens (tertiary/aromatic N) is 2. The maximum atomic E-state index is 4.29. The minimum Gasteiger partial charge on any atom is -0.129 e. The molecule has 0 fully saturated rings. The van der Waals surface area contributed by atoms with Crippen LogP contribution in [0.2, 0.25) is 0 Å². The van der Waals surface area contributed by atoms with E-state index in [9.17, 15) is 0 Å². The van der Waals surface area contributed by atoms with E-state index in [2.05, 4.69) is 21.7 Å². The lowest BCUT2D eigenvalue weighted by Gasteiger charge is -2.11. The summed E-state index contributed by atoms with van der Waals surface area (Å²) in [6.07, 6.45) is 15.1. The summed E-state index contributed by atoms with van der Waals surface area (Å²) in [7, 11) is 7.39. The van der Waals surface area contributed by atoms with Gasteiger partial charge >= 0.3 is 0 Å². The van der Waals surface area contributed by atoms with Gasteiger partial charge in [-0.2, -0.15) is 0 Å². The summed E-state index contributed by atoms with van der Waals surface area (Å²) in [4.78, 5) is 3.04. The molecule has 1 heterocycles. The Balaban J connectivity index is 1.51. The molecule has 0 saturated carbocycles. The van der Waals surface area contributed by atoms with E-state index in [1.807, 2.05) is 32.4 Å². The van der Waals surface area contributed by atoms with Crippen LogP contribution in [0, 0.1) is 0 Å². The quantitative estimate of drug-likeness (QED) is 0.501. The molecule has 0 radical (unpaired) electrons. The van der Waals surface area contributed by atoms with Gasteiger partial charge in [-0.1, -0.05) is 38.2 Å². The van der Waals surface area contributed by atoms with Crippen LogP contribution in [0.3, 0.4) is 0 Å². The van der Waals surface area contributed by atoms with Gasteiger partial charge in [0.05, 0.1) is 0 Å². The predicted molar refractivity (Wildman–Crippen MR) is 99.9 cm³/mol. The summed E-state index contributed by atoms with van der Waals surface area (Å²) >= 11 is 1.52. The molecule has 0 spiro atoms. The van der Waals surface area contributed by atoms with Gasteiger partial charge in [0.25, 0.3) is 0 Å². The van der Waals surface area contributed by atoms with Gasteiger partial charge < -0.3 is 0 Å². The highest BCUT2D eigenvalue weighted by atomic mass is 33.1. The molecule has 0 bridgehead atoms. The SMILES string of the molecule is C1=C(SSc2nnsc2SSC2=CCCCC2)CCCC1. The second-order valence-corrected chi connectivity index (χ2v) is 10.6. The minimum absolute atomic E-state index is 1.09. The molecular formula is C14H18N2S5. The van der Waals surface area contributed by atoms with Crippen LogP contribution in [0.15, 0.2) is 31.2 Å². The zero-order chi connectivity index (χ0) is 14.3. The van der Waals surface area contributed by atoms with Crippen molar-refractivity contribution in [2.45, 2.75) is 60.6 Å². The standard InChI is InChI=1S/C14H18N2S5/c1-3-7-11(8-4-1)18-20-13-14(17-16-15-13)21-19-12-9-5-2-6-10-12/h7,9H,1-6,8,10H2. The van der Waals surface area contributed by atoms with Crippen molar-refractivity contribution in [3.8, 4) is 0 Å². The zero-order valence-electron chi connectivity index (χ0n) is 11.7. The molecule has 0 aliphatic heterocycles. The molecule has 1 aromatic heterocycles. The van der Waals surface area contributed by atoms with Crippen LogP contribution in [0.5, 0.6) is 0 Å². The van der Waals surface area contributed by atoms with Crippen molar-refractivity contribution in [2.75, 3.05) is 0 Å². The van der Waals surface area contributed by atoms with Crippen LogP contribution in [-0.4, -0.2) is 9.59 Å².